The van der Waals surface area contributed by atoms with Gasteiger partial charge in [0.25, 0.3) is 10.0 Å². The van der Waals surface area contributed by atoms with Gasteiger partial charge in [0.2, 0.25) is 5.91 Å². The number of aryl methyl sites for hydroxylation is 1. The topological polar surface area (TPSA) is 93.7 Å². The SMILES string of the molecule is COc1cccc(/C=C/C(=O)Nc2ccc(C)c(S(=O)(=O)Nc3ccccc3OC)c2)c1. The molecule has 3 aromatic rings. The molecule has 0 radical (unpaired) electrons. The van der Waals surface area contributed by atoms with E-state index in [0.717, 1.165) is 5.56 Å². The largest absolute Gasteiger partial charge is 0.497 e. The Balaban J connectivity index is 1.78. The minimum atomic E-state index is -3.91. The van der Waals surface area contributed by atoms with E-state index in [9.17, 15) is 13.2 Å². The third-order valence-electron chi connectivity index (χ3n) is 4.62. The first-order valence-corrected chi connectivity index (χ1v) is 11.2. The van der Waals surface area contributed by atoms with E-state index in [0.29, 0.717) is 28.4 Å². The van der Waals surface area contributed by atoms with Crippen LogP contribution in [0, 0.1) is 6.92 Å². The van der Waals surface area contributed by atoms with Crippen molar-refractivity contribution in [2.75, 3.05) is 24.3 Å². The van der Waals surface area contributed by atoms with Crippen LogP contribution in [0.2, 0.25) is 0 Å². The fourth-order valence-corrected chi connectivity index (χ4v) is 4.34. The van der Waals surface area contributed by atoms with Gasteiger partial charge in [-0.25, -0.2) is 8.42 Å². The van der Waals surface area contributed by atoms with Gasteiger partial charge in [0.05, 0.1) is 24.8 Å². The van der Waals surface area contributed by atoms with Crippen molar-refractivity contribution in [3.8, 4) is 11.5 Å². The fraction of sp³-hybridized carbons (Fsp3) is 0.125. The smallest absolute Gasteiger partial charge is 0.262 e. The van der Waals surface area contributed by atoms with Crippen LogP contribution in [0.15, 0.2) is 77.7 Å². The van der Waals surface area contributed by atoms with E-state index in [2.05, 4.69) is 10.0 Å². The van der Waals surface area contributed by atoms with Gasteiger partial charge in [-0.1, -0.05) is 30.3 Å². The van der Waals surface area contributed by atoms with Crippen LogP contribution in [-0.4, -0.2) is 28.5 Å². The monoisotopic (exact) mass is 452 g/mol. The lowest BCUT2D eigenvalue weighted by Crippen LogP contribution is -2.16. The molecule has 2 N–H and O–H groups in total. The quantitative estimate of drug-likeness (QED) is 0.492. The number of nitrogens with one attached hydrogen (secondary N) is 2. The second-order valence-corrected chi connectivity index (χ2v) is 8.54. The second kappa shape index (κ2) is 10.0. The summed E-state index contributed by atoms with van der Waals surface area (Å²) in [5, 5.41) is 2.69. The Kier molecular flexibility index (Phi) is 7.17. The molecule has 1 amide bonds. The molecule has 0 unspecified atom stereocenters. The molecule has 32 heavy (non-hydrogen) atoms. The van der Waals surface area contributed by atoms with Crippen molar-refractivity contribution in [3.05, 3.63) is 83.9 Å². The van der Waals surface area contributed by atoms with Crippen molar-refractivity contribution >= 4 is 33.4 Å². The highest BCUT2D eigenvalue weighted by molar-refractivity contribution is 7.92. The van der Waals surface area contributed by atoms with Crippen molar-refractivity contribution in [3.63, 3.8) is 0 Å². The lowest BCUT2D eigenvalue weighted by Gasteiger charge is -2.14. The van der Waals surface area contributed by atoms with E-state index in [1.807, 2.05) is 18.2 Å². The van der Waals surface area contributed by atoms with E-state index >= 15 is 0 Å². The molecule has 0 spiro atoms. The zero-order chi connectivity index (χ0) is 23.1. The van der Waals surface area contributed by atoms with Crippen molar-refractivity contribution in [1.82, 2.24) is 0 Å². The zero-order valence-corrected chi connectivity index (χ0v) is 18.8. The van der Waals surface area contributed by atoms with Crippen LogP contribution in [0.1, 0.15) is 11.1 Å². The van der Waals surface area contributed by atoms with E-state index in [1.165, 1.54) is 19.3 Å². The van der Waals surface area contributed by atoms with Gasteiger partial charge in [0.1, 0.15) is 11.5 Å². The Bertz CT molecular complexity index is 1250. The van der Waals surface area contributed by atoms with E-state index in [1.54, 1.807) is 62.6 Å². The summed E-state index contributed by atoms with van der Waals surface area (Å²) in [6, 6.07) is 18.7. The summed E-state index contributed by atoms with van der Waals surface area (Å²) in [4.78, 5) is 12.4. The third kappa shape index (κ3) is 5.67. The molecule has 7 nitrogen and oxygen atoms in total. The number of rotatable bonds is 8. The minimum Gasteiger partial charge on any atom is -0.497 e. The summed E-state index contributed by atoms with van der Waals surface area (Å²) in [5.74, 6) is 0.696. The van der Waals surface area contributed by atoms with Gasteiger partial charge in [0, 0.05) is 11.8 Å². The number of methoxy groups -OCH3 is 2. The maximum Gasteiger partial charge on any atom is 0.262 e. The van der Waals surface area contributed by atoms with Gasteiger partial charge < -0.3 is 14.8 Å². The van der Waals surface area contributed by atoms with Crippen LogP contribution >= 0.6 is 0 Å². The summed E-state index contributed by atoms with van der Waals surface area (Å²) in [7, 11) is -0.874. The van der Waals surface area contributed by atoms with Crippen LogP contribution < -0.4 is 19.5 Å². The molecular formula is C24H24N2O5S. The highest BCUT2D eigenvalue weighted by Crippen LogP contribution is 2.28. The van der Waals surface area contributed by atoms with Gasteiger partial charge in [0.15, 0.2) is 0 Å². The maximum absolute atomic E-state index is 13.0. The van der Waals surface area contributed by atoms with E-state index < -0.39 is 15.9 Å². The number of carbonyl (C=O) groups excluding carboxylic acids is 1. The number of amides is 1. The molecule has 0 saturated carbocycles. The van der Waals surface area contributed by atoms with Gasteiger partial charge >= 0.3 is 0 Å². The highest BCUT2D eigenvalue weighted by Gasteiger charge is 2.19. The lowest BCUT2D eigenvalue weighted by atomic mass is 10.2. The van der Waals surface area contributed by atoms with E-state index in [4.69, 9.17) is 9.47 Å². The molecule has 0 fully saturated rings. The summed E-state index contributed by atoms with van der Waals surface area (Å²) < 4.78 is 38.9. The van der Waals surface area contributed by atoms with E-state index in [-0.39, 0.29) is 4.90 Å². The molecule has 0 aliphatic rings. The van der Waals surface area contributed by atoms with Crippen molar-refractivity contribution in [2.24, 2.45) is 0 Å². The Morgan fingerprint density at radius 3 is 2.47 bits per heavy atom. The first kappa shape index (κ1) is 22.9. The van der Waals surface area contributed by atoms with Crippen LogP contribution in [0.5, 0.6) is 11.5 Å². The first-order chi connectivity index (χ1) is 15.3. The van der Waals surface area contributed by atoms with Gasteiger partial charge in [-0.3, -0.25) is 9.52 Å². The van der Waals surface area contributed by atoms with Gasteiger partial charge in [-0.2, -0.15) is 0 Å². The summed E-state index contributed by atoms with van der Waals surface area (Å²) in [6.07, 6.45) is 3.02. The summed E-state index contributed by atoms with van der Waals surface area (Å²) in [5.41, 5.74) is 2.02. The Morgan fingerprint density at radius 2 is 1.72 bits per heavy atom. The number of sulfonamides is 1. The average molecular weight is 453 g/mol. The lowest BCUT2D eigenvalue weighted by molar-refractivity contribution is -0.111. The fourth-order valence-electron chi connectivity index (χ4n) is 3.00. The van der Waals surface area contributed by atoms with Gasteiger partial charge in [-0.15, -0.1) is 0 Å². The summed E-state index contributed by atoms with van der Waals surface area (Å²) >= 11 is 0. The van der Waals surface area contributed by atoms with Crippen molar-refractivity contribution in [2.45, 2.75) is 11.8 Å². The standard InChI is InChI=1S/C24H24N2O5S/c1-17-11-13-19(25-24(27)14-12-18-7-6-8-20(15-18)30-2)16-23(17)32(28,29)26-21-9-4-5-10-22(21)31-3/h4-16,26H,1-3H3,(H,25,27)/b14-12+. The molecule has 0 saturated heterocycles. The molecule has 166 valence electrons. The predicted molar refractivity (Wildman–Crippen MR) is 126 cm³/mol. The number of anilines is 2. The number of ether oxygens (including phenoxy) is 2. The van der Waals surface area contributed by atoms with Crippen LogP contribution in [0.3, 0.4) is 0 Å². The molecule has 0 aliphatic heterocycles. The molecule has 3 aromatic carbocycles. The molecule has 0 atom stereocenters. The molecule has 0 aliphatic carbocycles. The molecule has 8 heteroatoms. The molecule has 0 heterocycles. The van der Waals surface area contributed by atoms with Crippen LogP contribution in [0.25, 0.3) is 6.08 Å². The normalized spacial score (nSPS) is 11.2. The molecular weight excluding hydrogens is 428 g/mol. The number of para-hydroxylation sites is 2. The van der Waals surface area contributed by atoms with Crippen molar-refractivity contribution < 1.29 is 22.7 Å². The number of hydrogen-bond donors (Lipinski definition) is 2. The molecule has 0 bridgehead atoms. The minimum absolute atomic E-state index is 0.0537. The number of carbonyl (C=O) groups is 1. The van der Waals surface area contributed by atoms with Crippen LogP contribution in [-0.2, 0) is 14.8 Å². The average Bonchev–Trinajstić information content (AvgIpc) is 2.79. The molecule has 3 rings (SSSR count). The first-order valence-electron chi connectivity index (χ1n) is 9.72. The van der Waals surface area contributed by atoms with Crippen molar-refractivity contribution in [1.29, 1.82) is 0 Å². The Hall–Kier alpha value is -3.78. The second-order valence-electron chi connectivity index (χ2n) is 6.89. The highest BCUT2D eigenvalue weighted by atomic mass is 32.2. The Morgan fingerprint density at radius 1 is 0.938 bits per heavy atom. The third-order valence-corrected chi connectivity index (χ3v) is 6.12. The summed E-state index contributed by atoms with van der Waals surface area (Å²) in [6.45, 7) is 1.69. The predicted octanol–water partition coefficient (Wildman–Crippen LogP) is 4.46. The Labute approximate surface area is 187 Å². The van der Waals surface area contributed by atoms with Gasteiger partial charge in [-0.05, 0) is 60.5 Å². The number of hydrogen-bond acceptors (Lipinski definition) is 5. The maximum atomic E-state index is 13.0. The van der Waals surface area contributed by atoms with Crippen LogP contribution in [0.4, 0.5) is 11.4 Å². The number of benzene rings is 3. The zero-order valence-electron chi connectivity index (χ0n) is 18.0. The molecule has 0 aromatic heterocycles.